The van der Waals surface area contributed by atoms with Gasteiger partial charge in [0.2, 0.25) is 0 Å². The predicted octanol–water partition coefficient (Wildman–Crippen LogP) is 4.24. The molecule has 0 unspecified atom stereocenters. The van der Waals surface area contributed by atoms with Crippen LogP contribution in [0.2, 0.25) is 10.0 Å². The minimum atomic E-state index is -1.07. The van der Waals surface area contributed by atoms with E-state index >= 15 is 0 Å². The van der Waals surface area contributed by atoms with Crippen molar-refractivity contribution in [3.63, 3.8) is 0 Å². The van der Waals surface area contributed by atoms with Crippen molar-refractivity contribution in [2.75, 3.05) is 5.32 Å². The van der Waals surface area contributed by atoms with Gasteiger partial charge in [0, 0.05) is 21.3 Å². The first-order valence-corrected chi connectivity index (χ1v) is 7.38. The first-order chi connectivity index (χ1) is 11.4. The SMILES string of the molecule is N#C/C(=C\c1c(Cl)cccc1Cl)C(=O)Nc1ccc(C(=O)O)cc1. The first-order valence-electron chi connectivity index (χ1n) is 6.63. The minimum absolute atomic E-state index is 0.0897. The number of anilines is 1. The molecule has 0 bridgehead atoms. The molecule has 120 valence electrons. The molecule has 2 aromatic carbocycles. The van der Waals surface area contributed by atoms with E-state index in [4.69, 9.17) is 28.3 Å². The Morgan fingerprint density at radius 3 is 2.17 bits per heavy atom. The van der Waals surface area contributed by atoms with Crippen molar-refractivity contribution in [3.05, 3.63) is 69.2 Å². The molecule has 2 N–H and O–H groups in total. The van der Waals surface area contributed by atoms with Gasteiger partial charge in [-0.2, -0.15) is 5.26 Å². The molecular formula is C17H10Cl2N2O3. The first kappa shape index (κ1) is 17.5. The average Bonchev–Trinajstić information content (AvgIpc) is 2.55. The molecule has 0 aliphatic carbocycles. The monoisotopic (exact) mass is 360 g/mol. The highest BCUT2D eigenvalue weighted by Gasteiger charge is 2.12. The van der Waals surface area contributed by atoms with Gasteiger partial charge in [-0.25, -0.2) is 4.79 Å². The molecule has 0 fully saturated rings. The van der Waals surface area contributed by atoms with Crippen LogP contribution >= 0.6 is 23.2 Å². The molecular weight excluding hydrogens is 351 g/mol. The zero-order chi connectivity index (χ0) is 17.7. The molecule has 2 rings (SSSR count). The van der Waals surface area contributed by atoms with Crippen LogP contribution in [0.3, 0.4) is 0 Å². The van der Waals surface area contributed by atoms with Crippen molar-refractivity contribution < 1.29 is 14.7 Å². The number of carboxylic acids is 1. The fourth-order valence-corrected chi connectivity index (χ4v) is 2.34. The van der Waals surface area contributed by atoms with E-state index in [1.54, 1.807) is 24.3 Å². The molecule has 0 aliphatic rings. The van der Waals surface area contributed by atoms with Gasteiger partial charge in [-0.1, -0.05) is 29.3 Å². The highest BCUT2D eigenvalue weighted by atomic mass is 35.5. The summed E-state index contributed by atoms with van der Waals surface area (Å²) in [5.74, 6) is -1.73. The van der Waals surface area contributed by atoms with E-state index in [-0.39, 0.29) is 11.1 Å². The van der Waals surface area contributed by atoms with Crippen LogP contribution in [0.4, 0.5) is 5.69 Å². The predicted molar refractivity (Wildman–Crippen MR) is 92.1 cm³/mol. The Hall–Kier alpha value is -2.81. The van der Waals surface area contributed by atoms with Crippen molar-refractivity contribution in [1.82, 2.24) is 0 Å². The highest BCUT2D eigenvalue weighted by molar-refractivity contribution is 6.37. The number of hydrogen-bond donors (Lipinski definition) is 2. The standard InChI is InChI=1S/C17H10Cl2N2O3/c18-14-2-1-3-15(19)13(14)8-11(9-20)16(22)21-12-6-4-10(5-7-12)17(23)24/h1-8H,(H,21,22)(H,23,24)/b11-8+. The van der Waals surface area contributed by atoms with Crippen molar-refractivity contribution >= 4 is 46.8 Å². The summed E-state index contributed by atoms with van der Waals surface area (Å²) in [4.78, 5) is 23.0. The van der Waals surface area contributed by atoms with E-state index in [0.29, 0.717) is 21.3 Å². The van der Waals surface area contributed by atoms with Gasteiger partial charge in [0.25, 0.3) is 5.91 Å². The highest BCUT2D eigenvalue weighted by Crippen LogP contribution is 2.26. The van der Waals surface area contributed by atoms with Crippen molar-refractivity contribution in [2.45, 2.75) is 0 Å². The summed E-state index contributed by atoms with van der Waals surface area (Å²) >= 11 is 12.0. The van der Waals surface area contributed by atoms with Crippen molar-refractivity contribution in [1.29, 1.82) is 5.26 Å². The molecule has 1 amide bonds. The number of carbonyl (C=O) groups excluding carboxylic acids is 1. The van der Waals surface area contributed by atoms with Crippen LogP contribution in [0, 0.1) is 11.3 Å². The molecule has 7 heteroatoms. The van der Waals surface area contributed by atoms with Crippen LogP contribution in [0.1, 0.15) is 15.9 Å². The summed E-state index contributed by atoms with van der Waals surface area (Å²) in [6, 6.07) is 12.2. The van der Waals surface area contributed by atoms with Crippen LogP contribution < -0.4 is 5.32 Å². The Morgan fingerprint density at radius 2 is 1.67 bits per heavy atom. The van der Waals surface area contributed by atoms with Crippen LogP contribution in [0.25, 0.3) is 6.08 Å². The third-order valence-electron chi connectivity index (χ3n) is 3.04. The fraction of sp³-hybridized carbons (Fsp3) is 0. The second-order valence-corrected chi connectivity index (χ2v) is 5.46. The maximum Gasteiger partial charge on any atom is 0.335 e. The van der Waals surface area contributed by atoms with Gasteiger partial charge in [-0.3, -0.25) is 4.79 Å². The van der Waals surface area contributed by atoms with Gasteiger partial charge >= 0.3 is 5.97 Å². The van der Waals surface area contributed by atoms with Gasteiger partial charge in [-0.15, -0.1) is 0 Å². The Balaban J connectivity index is 2.25. The summed E-state index contributed by atoms with van der Waals surface area (Å²) in [6.45, 7) is 0. The van der Waals surface area contributed by atoms with Gasteiger partial charge in [0.1, 0.15) is 11.6 Å². The molecule has 24 heavy (non-hydrogen) atoms. The van der Waals surface area contributed by atoms with E-state index in [0.717, 1.165) is 0 Å². The zero-order valence-corrected chi connectivity index (χ0v) is 13.6. The molecule has 2 aromatic rings. The summed E-state index contributed by atoms with van der Waals surface area (Å²) in [6.07, 6.45) is 1.30. The number of benzene rings is 2. The molecule has 0 saturated carbocycles. The Morgan fingerprint density at radius 1 is 1.08 bits per heavy atom. The fourth-order valence-electron chi connectivity index (χ4n) is 1.84. The largest absolute Gasteiger partial charge is 0.478 e. The number of rotatable bonds is 4. The third kappa shape index (κ3) is 4.13. The lowest BCUT2D eigenvalue weighted by molar-refractivity contribution is -0.112. The third-order valence-corrected chi connectivity index (χ3v) is 3.70. The Kier molecular flexibility index (Phi) is 5.59. The maximum absolute atomic E-state index is 12.2. The molecule has 5 nitrogen and oxygen atoms in total. The van der Waals surface area contributed by atoms with Gasteiger partial charge in [0.05, 0.1) is 5.56 Å². The lowest BCUT2D eigenvalue weighted by Crippen LogP contribution is -2.13. The molecule has 0 aromatic heterocycles. The molecule has 0 aliphatic heterocycles. The number of nitrogens with one attached hydrogen (secondary N) is 1. The van der Waals surface area contributed by atoms with E-state index < -0.39 is 11.9 Å². The van der Waals surface area contributed by atoms with Gasteiger partial charge < -0.3 is 10.4 Å². The minimum Gasteiger partial charge on any atom is -0.478 e. The number of aromatic carboxylic acids is 1. The smallest absolute Gasteiger partial charge is 0.335 e. The van der Waals surface area contributed by atoms with Gasteiger partial charge in [0.15, 0.2) is 0 Å². The second kappa shape index (κ2) is 7.64. The van der Waals surface area contributed by atoms with Crippen LogP contribution in [0.5, 0.6) is 0 Å². The van der Waals surface area contributed by atoms with Gasteiger partial charge in [-0.05, 0) is 42.5 Å². The number of carbonyl (C=O) groups is 2. The zero-order valence-electron chi connectivity index (χ0n) is 12.1. The van der Waals surface area contributed by atoms with E-state index in [1.165, 1.54) is 30.3 Å². The maximum atomic E-state index is 12.2. The summed E-state index contributed by atoms with van der Waals surface area (Å²) in [7, 11) is 0. The molecule has 0 heterocycles. The average molecular weight is 361 g/mol. The second-order valence-electron chi connectivity index (χ2n) is 4.64. The number of hydrogen-bond acceptors (Lipinski definition) is 3. The Bertz CT molecular complexity index is 848. The lowest BCUT2D eigenvalue weighted by atomic mass is 10.1. The molecule has 0 radical (unpaired) electrons. The normalized spacial score (nSPS) is 10.8. The molecule has 0 saturated heterocycles. The van der Waals surface area contributed by atoms with E-state index in [1.807, 2.05) is 0 Å². The Labute approximate surface area is 147 Å². The van der Waals surface area contributed by atoms with Crippen molar-refractivity contribution in [2.24, 2.45) is 0 Å². The number of halogens is 2. The number of amides is 1. The van der Waals surface area contributed by atoms with Crippen LogP contribution in [-0.4, -0.2) is 17.0 Å². The molecule has 0 spiro atoms. The number of nitrogens with zero attached hydrogens (tertiary/aromatic N) is 1. The van der Waals surface area contributed by atoms with Crippen LogP contribution in [0.15, 0.2) is 48.0 Å². The summed E-state index contributed by atoms with van der Waals surface area (Å²) < 4.78 is 0. The number of nitriles is 1. The summed E-state index contributed by atoms with van der Waals surface area (Å²) in [5.41, 5.74) is 0.629. The summed E-state index contributed by atoms with van der Waals surface area (Å²) in [5, 5.41) is 21.2. The lowest BCUT2D eigenvalue weighted by Gasteiger charge is -2.06. The van der Waals surface area contributed by atoms with E-state index in [9.17, 15) is 14.9 Å². The molecule has 0 atom stereocenters. The number of carboxylic acid groups (broad SMARTS) is 1. The quantitative estimate of drug-likeness (QED) is 0.630. The topological polar surface area (TPSA) is 90.2 Å². The van der Waals surface area contributed by atoms with Crippen molar-refractivity contribution in [3.8, 4) is 6.07 Å². The van der Waals surface area contributed by atoms with Crippen LogP contribution in [-0.2, 0) is 4.79 Å². The van der Waals surface area contributed by atoms with E-state index in [2.05, 4.69) is 5.32 Å².